The van der Waals surface area contributed by atoms with Crippen LogP contribution in [0.5, 0.6) is 5.75 Å². The lowest BCUT2D eigenvalue weighted by Gasteiger charge is -2.23. The van der Waals surface area contributed by atoms with Crippen LogP contribution in [-0.2, 0) is 14.3 Å². The molecule has 174 valence electrons. The molecule has 0 spiro atoms. The number of aromatic nitrogens is 1. The molecule has 1 aliphatic rings. The Kier molecular flexibility index (Phi) is 6.47. The molecule has 4 rings (SSSR count). The maximum atomic E-state index is 13.2. The first-order valence-electron chi connectivity index (χ1n) is 10.5. The molecule has 0 aliphatic carbocycles. The minimum Gasteiger partial charge on any atom is -0.507 e. The van der Waals surface area contributed by atoms with Gasteiger partial charge in [-0.25, -0.2) is 9.78 Å². The topological polar surface area (TPSA) is 106 Å². The number of nitrogens with zero attached hydrogens (tertiary/aromatic N) is 2. The van der Waals surface area contributed by atoms with Crippen molar-refractivity contribution < 1.29 is 29.0 Å². The van der Waals surface area contributed by atoms with Gasteiger partial charge in [-0.05, 0) is 31.5 Å². The summed E-state index contributed by atoms with van der Waals surface area (Å²) in [5.74, 6) is -2.08. The third kappa shape index (κ3) is 4.06. The van der Waals surface area contributed by atoms with E-state index < -0.39 is 23.7 Å². The highest BCUT2D eigenvalue weighted by Gasteiger charge is 2.48. The zero-order valence-corrected chi connectivity index (χ0v) is 19.6. The monoisotopic (exact) mass is 478 g/mol. The van der Waals surface area contributed by atoms with Crippen LogP contribution >= 0.6 is 11.3 Å². The van der Waals surface area contributed by atoms with Gasteiger partial charge >= 0.3 is 11.9 Å². The number of rotatable bonds is 6. The number of anilines is 1. The number of benzene rings is 2. The van der Waals surface area contributed by atoms with Crippen molar-refractivity contribution in [2.24, 2.45) is 0 Å². The van der Waals surface area contributed by atoms with Gasteiger partial charge < -0.3 is 14.6 Å². The van der Waals surface area contributed by atoms with Crippen molar-refractivity contribution >= 4 is 39.9 Å². The van der Waals surface area contributed by atoms with E-state index >= 15 is 0 Å². The number of amides is 1. The molecule has 3 aromatic rings. The van der Waals surface area contributed by atoms with Gasteiger partial charge in [-0.3, -0.25) is 14.5 Å². The summed E-state index contributed by atoms with van der Waals surface area (Å²) in [6.07, 6.45) is 0. The van der Waals surface area contributed by atoms with E-state index in [1.165, 1.54) is 12.0 Å². The SMILES string of the molecule is CCOC(=O)c1sc(N2C(=O)C(=O)/C(=C(/O)c3cccc(OC)c3)C2c2ccccc2)nc1C. The lowest BCUT2D eigenvalue weighted by Crippen LogP contribution is -2.29. The second-order valence-corrected chi connectivity index (χ2v) is 8.42. The fourth-order valence-electron chi connectivity index (χ4n) is 3.78. The molecule has 34 heavy (non-hydrogen) atoms. The molecule has 1 aromatic heterocycles. The number of hydrogen-bond donors (Lipinski definition) is 1. The van der Waals surface area contributed by atoms with Crippen LogP contribution in [0.3, 0.4) is 0 Å². The summed E-state index contributed by atoms with van der Waals surface area (Å²) in [4.78, 5) is 44.6. The molecule has 1 N–H and O–H groups in total. The lowest BCUT2D eigenvalue weighted by molar-refractivity contribution is -0.132. The van der Waals surface area contributed by atoms with Gasteiger partial charge in [0.2, 0.25) is 0 Å². The van der Waals surface area contributed by atoms with Gasteiger partial charge in [0.25, 0.3) is 5.78 Å². The predicted molar refractivity (Wildman–Crippen MR) is 127 cm³/mol. The van der Waals surface area contributed by atoms with Crippen LogP contribution in [0.25, 0.3) is 5.76 Å². The molecule has 8 nitrogen and oxygen atoms in total. The van der Waals surface area contributed by atoms with Crippen molar-refractivity contribution in [3.8, 4) is 5.75 Å². The van der Waals surface area contributed by atoms with E-state index in [0.29, 0.717) is 22.6 Å². The number of aliphatic hydroxyl groups is 1. The van der Waals surface area contributed by atoms with Gasteiger partial charge in [-0.1, -0.05) is 53.8 Å². The standard InChI is InChI=1S/C25H22N2O6S/c1-4-33-24(31)22-14(2)26-25(34-22)27-19(15-9-6-5-7-10-15)18(21(29)23(27)30)20(28)16-11-8-12-17(13-16)32-3/h5-13,19,28H,4H2,1-3H3/b20-18+. The van der Waals surface area contributed by atoms with Crippen LogP contribution in [0.4, 0.5) is 5.13 Å². The molecule has 1 fully saturated rings. The normalized spacial score (nSPS) is 17.1. The number of methoxy groups -OCH3 is 1. The van der Waals surface area contributed by atoms with E-state index in [1.54, 1.807) is 62.4 Å². The highest BCUT2D eigenvalue weighted by Crippen LogP contribution is 2.44. The summed E-state index contributed by atoms with van der Waals surface area (Å²) >= 11 is 0.968. The van der Waals surface area contributed by atoms with Crippen molar-refractivity contribution in [1.82, 2.24) is 4.98 Å². The molecule has 1 unspecified atom stereocenters. The van der Waals surface area contributed by atoms with E-state index in [2.05, 4.69) is 4.98 Å². The number of aryl methyl sites for hydroxylation is 1. The smallest absolute Gasteiger partial charge is 0.350 e. The molecule has 0 radical (unpaired) electrons. The van der Waals surface area contributed by atoms with Gasteiger partial charge in [0.05, 0.1) is 31.0 Å². The van der Waals surface area contributed by atoms with Crippen molar-refractivity contribution in [2.75, 3.05) is 18.6 Å². The predicted octanol–water partition coefficient (Wildman–Crippen LogP) is 4.26. The Morgan fingerprint density at radius 1 is 1.15 bits per heavy atom. The second kappa shape index (κ2) is 9.48. The Bertz CT molecular complexity index is 1300. The van der Waals surface area contributed by atoms with Crippen LogP contribution in [0.15, 0.2) is 60.2 Å². The van der Waals surface area contributed by atoms with E-state index in [1.807, 2.05) is 6.07 Å². The molecule has 1 atom stereocenters. The lowest BCUT2D eigenvalue weighted by atomic mass is 9.95. The van der Waals surface area contributed by atoms with Crippen molar-refractivity contribution in [1.29, 1.82) is 0 Å². The Morgan fingerprint density at radius 2 is 1.88 bits per heavy atom. The Labute approximate surface area is 200 Å². The summed E-state index contributed by atoms with van der Waals surface area (Å²) in [6.45, 7) is 3.53. The largest absolute Gasteiger partial charge is 0.507 e. The van der Waals surface area contributed by atoms with E-state index in [4.69, 9.17) is 9.47 Å². The van der Waals surface area contributed by atoms with Gasteiger partial charge in [-0.2, -0.15) is 0 Å². The number of aliphatic hydroxyl groups excluding tert-OH is 1. The average molecular weight is 479 g/mol. The minimum absolute atomic E-state index is 0.0741. The van der Waals surface area contributed by atoms with Crippen LogP contribution in [0.2, 0.25) is 0 Å². The fraction of sp³-hybridized carbons (Fsp3) is 0.200. The van der Waals surface area contributed by atoms with Gasteiger partial charge in [0, 0.05) is 5.56 Å². The number of carbonyl (C=O) groups is 3. The van der Waals surface area contributed by atoms with Crippen molar-refractivity contribution in [3.05, 3.63) is 81.9 Å². The number of ketones is 1. The first-order valence-corrected chi connectivity index (χ1v) is 11.3. The number of carbonyl (C=O) groups excluding carboxylic acids is 3. The van der Waals surface area contributed by atoms with Crippen LogP contribution < -0.4 is 9.64 Å². The molecule has 0 saturated carbocycles. The van der Waals surface area contributed by atoms with Crippen LogP contribution in [0.1, 0.15) is 39.5 Å². The maximum Gasteiger partial charge on any atom is 0.350 e. The highest BCUT2D eigenvalue weighted by atomic mass is 32.1. The van der Waals surface area contributed by atoms with E-state index in [9.17, 15) is 19.5 Å². The molecule has 1 aliphatic heterocycles. The molecule has 2 heterocycles. The van der Waals surface area contributed by atoms with E-state index in [-0.39, 0.29) is 27.9 Å². The van der Waals surface area contributed by atoms with Crippen molar-refractivity contribution in [3.63, 3.8) is 0 Å². The fourth-order valence-corrected chi connectivity index (χ4v) is 4.77. The third-order valence-corrected chi connectivity index (χ3v) is 6.49. The molecule has 1 saturated heterocycles. The van der Waals surface area contributed by atoms with Crippen LogP contribution in [0, 0.1) is 6.92 Å². The Balaban J connectivity index is 1.90. The number of thiazole rings is 1. The summed E-state index contributed by atoms with van der Waals surface area (Å²) in [6, 6.07) is 14.5. The number of ether oxygens (including phenoxy) is 2. The van der Waals surface area contributed by atoms with Gasteiger partial charge in [0.1, 0.15) is 16.4 Å². The third-order valence-electron chi connectivity index (χ3n) is 5.36. The van der Waals surface area contributed by atoms with Crippen molar-refractivity contribution in [2.45, 2.75) is 19.9 Å². The summed E-state index contributed by atoms with van der Waals surface area (Å²) in [5, 5.41) is 11.3. The minimum atomic E-state index is -0.937. The molecule has 1 amide bonds. The Morgan fingerprint density at radius 3 is 2.56 bits per heavy atom. The molecular formula is C25H22N2O6S. The quantitative estimate of drug-likeness (QED) is 0.244. The zero-order valence-electron chi connectivity index (χ0n) is 18.8. The number of Topliss-reactive ketones (excluding diaryl/α,β-unsaturated/α-hetero) is 1. The molecule has 9 heteroatoms. The van der Waals surface area contributed by atoms with Gasteiger partial charge in [0.15, 0.2) is 5.13 Å². The Hall–Kier alpha value is -3.98. The van der Waals surface area contributed by atoms with Crippen LogP contribution in [-0.4, -0.2) is 41.5 Å². The number of esters is 1. The summed E-state index contributed by atoms with van der Waals surface area (Å²) in [7, 11) is 1.49. The molecule has 2 aromatic carbocycles. The summed E-state index contributed by atoms with van der Waals surface area (Å²) in [5.41, 5.74) is 1.26. The molecule has 0 bridgehead atoms. The number of hydrogen-bond acceptors (Lipinski definition) is 8. The first kappa shape index (κ1) is 23.2. The maximum absolute atomic E-state index is 13.2. The highest BCUT2D eigenvalue weighted by molar-refractivity contribution is 7.17. The zero-order chi connectivity index (χ0) is 24.4. The summed E-state index contributed by atoms with van der Waals surface area (Å²) < 4.78 is 10.3. The average Bonchev–Trinajstić information content (AvgIpc) is 3.36. The second-order valence-electron chi connectivity index (χ2n) is 7.44. The molecular weight excluding hydrogens is 456 g/mol. The first-order chi connectivity index (χ1) is 16.4. The van der Waals surface area contributed by atoms with Gasteiger partial charge in [-0.15, -0.1) is 0 Å². The van der Waals surface area contributed by atoms with E-state index in [0.717, 1.165) is 11.3 Å².